The lowest BCUT2D eigenvalue weighted by Crippen LogP contribution is -2.61. The Kier molecular flexibility index (Phi) is 7.56. The van der Waals surface area contributed by atoms with Crippen LogP contribution in [0.5, 0.6) is 0 Å². The maximum Gasteiger partial charge on any atom is 0.152 e. The summed E-state index contributed by atoms with van der Waals surface area (Å²) in [5, 5.41) is -0.380. The topological polar surface area (TPSA) is 81.9 Å². The zero-order valence-electron chi connectivity index (χ0n) is 13.5. The molecule has 1 aliphatic carbocycles. The summed E-state index contributed by atoms with van der Waals surface area (Å²) in [6.07, 6.45) is 4.62. The van der Waals surface area contributed by atoms with Gasteiger partial charge in [0.15, 0.2) is 9.84 Å². The summed E-state index contributed by atoms with van der Waals surface area (Å²) in [4.78, 5) is 2.22. The van der Waals surface area contributed by atoms with E-state index in [1.165, 1.54) is 6.26 Å². The predicted octanol–water partition coefficient (Wildman–Crippen LogP) is 0.266. The highest BCUT2D eigenvalue weighted by molar-refractivity contribution is 7.91. The van der Waals surface area contributed by atoms with E-state index in [1.54, 1.807) is 14.2 Å². The molecule has 1 saturated carbocycles. The van der Waals surface area contributed by atoms with E-state index in [0.717, 1.165) is 25.8 Å². The van der Waals surface area contributed by atoms with Gasteiger partial charge in [0, 0.05) is 52.3 Å². The molecule has 0 amide bonds. The van der Waals surface area contributed by atoms with Gasteiger partial charge in [-0.1, -0.05) is 6.42 Å². The number of hydrogen-bond acceptors (Lipinski definition) is 6. The van der Waals surface area contributed by atoms with Gasteiger partial charge < -0.3 is 15.2 Å². The minimum absolute atomic E-state index is 0.363. The molecule has 6 nitrogen and oxygen atoms in total. The highest BCUT2D eigenvalue weighted by Crippen LogP contribution is 2.39. The molecule has 21 heavy (non-hydrogen) atoms. The van der Waals surface area contributed by atoms with Crippen LogP contribution in [-0.4, -0.2) is 77.4 Å². The van der Waals surface area contributed by atoms with Gasteiger partial charge in [-0.15, -0.1) is 0 Å². The van der Waals surface area contributed by atoms with Crippen molar-refractivity contribution in [1.29, 1.82) is 0 Å². The van der Waals surface area contributed by atoms with Crippen LogP contribution in [0.15, 0.2) is 0 Å². The third-order valence-corrected chi connectivity index (χ3v) is 6.23. The van der Waals surface area contributed by atoms with Crippen molar-refractivity contribution in [2.24, 2.45) is 5.73 Å². The fourth-order valence-electron chi connectivity index (χ4n) is 3.52. The van der Waals surface area contributed by atoms with E-state index in [0.29, 0.717) is 32.7 Å². The molecule has 2 atom stereocenters. The van der Waals surface area contributed by atoms with Crippen molar-refractivity contribution in [3.05, 3.63) is 0 Å². The Morgan fingerprint density at radius 1 is 1.24 bits per heavy atom. The lowest BCUT2D eigenvalue weighted by atomic mass is 9.94. The second kappa shape index (κ2) is 8.43. The summed E-state index contributed by atoms with van der Waals surface area (Å²) in [5.74, 6) is 0. The van der Waals surface area contributed by atoms with E-state index >= 15 is 0 Å². The van der Waals surface area contributed by atoms with Crippen LogP contribution in [-0.2, 0) is 19.3 Å². The summed E-state index contributed by atoms with van der Waals surface area (Å²) in [5.41, 5.74) is 5.60. The summed E-state index contributed by atoms with van der Waals surface area (Å²) in [6.45, 7) is 3.07. The molecule has 7 heteroatoms. The van der Waals surface area contributed by atoms with Crippen molar-refractivity contribution in [3.63, 3.8) is 0 Å². The van der Waals surface area contributed by atoms with E-state index < -0.39 is 15.4 Å². The highest BCUT2D eigenvalue weighted by atomic mass is 32.2. The van der Waals surface area contributed by atoms with Crippen LogP contribution in [0, 0.1) is 0 Å². The van der Waals surface area contributed by atoms with E-state index in [4.69, 9.17) is 15.2 Å². The van der Waals surface area contributed by atoms with E-state index in [1.807, 2.05) is 0 Å². The molecular formula is C14H30N2O4S. The molecule has 0 saturated heterocycles. The maximum absolute atomic E-state index is 12.2. The van der Waals surface area contributed by atoms with Gasteiger partial charge in [0.05, 0.1) is 11.9 Å². The zero-order valence-corrected chi connectivity index (χ0v) is 14.3. The second-order valence-electron chi connectivity index (χ2n) is 5.84. The van der Waals surface area contributed by atoms with Crippen LogP contribution in [0.25, 0.3) is 0 Å². The van der Waals surface area contributed by atoms with Crippen molar-refractivity contribution < 1.29 is 17.9 Å². The molecule has 126 valence electrons. The SMILES string of the molecule is COCCCN(CCOC)C1(CN)CCCC1S(C)(=O)=O. The van der Waals surface area contributed by atoms with Crippen molar-refractivity contribution in [2.45, 2.75) is 36.5 Å². The van der Waals surface area contributed by atoms with Crippen molar-refractivity contribution in [1.82, 2.24) is 4.90 Å². The summed E-state index contributed by atoms with van der Waals surface area (Å²) < 4.78 is 34.7. The third-order valence-electron chi connectivity index (χ3n) is 4.52. The minimum atomic E-state index is -3.12. The van der Waals surface area contributed by atoms with E-state index in [2.05, 4.69) is 4.90 Å². The molecule has 1 aliphatic rings. The number of ether oxygens (including phenoxy) is 2. The number of methoxy groups -OCH3 is 2. The van der Waals surface area contributed by atoms with Gasteiger partial charge in [-0.05, 0) is 19.3 Å². The number of nitrogens with two attached hydrogens (primary N) is 1. The average Bonchev–Trinajstić information content (AvgIpc) is 2.88. The maximum atomic E-state index is 12.2. The Bertz CT molecular complexity index is 402. The first kappa shape index (κ1) is 18.8. The standard InChI is InChI=1S/C14H30N2O4S/c1-19-10-5-8-16(9-11-20-2)14(12-15)7-4-6-13(14)21(3,17)18/h13H,4-12,15H2,1-3H3. The molecule has 2 N–H and O–H groups in total. The summed E-state index contributed by atoms with van der Waals surface area (Å²) in [7, 11) is 0.215. The number of nitrogens with zero attached hydrogens (tertiary/aromatic N) is 1. The van der Waals surface area contributed by atoms with Gasteiger partial charge in [0.1, 0.15) is 0 Å². The molecule has 2 unspecified atom stereocenters. The molecule has 0 aromatic heterocycles. The highest BCUT2D eigenvalue weighted by Gasteiger charge is 2.50. The fourth-order valence-corrected chi connectivity index (χ4v) is 5.27. The van der Waals surface area contributed by atoms with Gasteiger partial charge in [-0.3, -0.25) is 4.90 Å². The van der Waals surface area contributed by atoms with Crippen molar-refractivity contribution in [3.8, 4) is 0 Å². The normalized spacial score (nSPS) is 26.6. The zero-order chi connectivity index (χ0) is 15.9. The Morgan fingerprint density at radius 2 is 1.90 bits per heavy atom. The average molecular weight is 322 g/mol. The predicted molar refractivity (Wildman–Crippen MR) is 84.2 cm³/mol. The van der Waals surface area contributed by atoms with Gasteiger partial charge in [-0.2, -0.15) is 0 Å². The molecule has 1 rings (SSSR count). The number of sulfone groups is 1. The molecule has 0 aromatic carbocycles. The molecule has 0 radical (unpaired) electrons. The van der Waals surface area contributed by atoms with Gasteiger partial charge >= 0.3 is 0 Å². The smallest absolute Gasteiger partial charge is 0.152 e. The monoisotopic (exact) mass is 322 g/mol. The van der Waals surface area contributed by atoms with Crippen molar-refractivity contribution >= 4 is 9.84 Å². The Labute approximate surface area is 128 Å². The fraction of sp³-hybridized carbons (Fsp3) is 1.00. The number of rotatable bonds is 10. The quantitative estimate of drug-likeness (QED) is 0.581. The second-order valence-corrected chi connectivity index (χ2v) is 8.07. The first-order chi connectivity index (χ1) is 9.92. The van der Waals surface area contributed by atoms with Crippen LogP contribution < -0.4 is 5.73 Å². The first-order valence-corrected chi connectivity index (χ1v) is 9.49. The Morgan fingerprint density at radius 3 is 2.43 bits per heavy atom. The molecule has 1 fully saturated rings. The molecule has 0 spiro atoms. The van der Waals surface area contributed by atoms with Crippen LogP contribution in [0.4, 0.5) is 0 Å². The van der Waals surface area contributed by atoms with Crippen LogP contribution in [0.1, 0.15) is 25.7 Å². The first-order valence-electron chi connectivity index (χ1n) is 7.54. The van der Waals surface area contributed by atoms with E-state index in [-0.39, 0.29) is 5.25 Å². The van der Waals surface area contributed by atoms with E-state index in [9.17, 15) is 8.42 Å². The minimum Gasteiger partial charge on any atom is -0.385 e. The summed E-state index contributed by atoms with van der Waals surface area (Å²) in [6, 6.07) is 0. The lowest BCUT2D eigenvalue weighted by molar-refractivity contribution is 0.0563. The van der Waals surface area contributed by atoms with Crippen LogP contribution in [0.3, 0.4) is 0 Å². The van der Waals surface area contributed by atoms with Gasteiger partial charge in [-0.25, -0.2) is 8.42 Å². The van der Waals surface area contributed by atoms with Gasteiger partial charge in [0.2, 0.25) is 0 Å². The summed E-state index contributed by atoms with van der Waals surface area (Å²) >= 11 is 0. The van der Waals surface area contributed by atoms with Crippen LogP contribution >= 0.6 is 0 Å². The number of hydrogen-bond donors (Lipinski definition) is 1. The lowest BCUT2D eigenvalue weighted by Gasteiger charge is -2.44. The molecule has 0 bridgehead atoms. The third kappa shape index (κ3) is 4.63. The molecule has 0 heterocycles. The Hall–Kier alpha value is -0.210. The molecule has 0 aliphatic heterocycles. The molecular weight excluding hydrogens is 292 g/mol. The van der Waals surface area contributed by atoms with Crippen molar-refractivity contribution in [2.75, 3.05) is 53.3 Å². The largest absolute Gasteiger partial charge is 0.385 e. The molecule has 0 aromatic rings. The Balaban J connectivity index is 2.96. The van der Waals surface area contributed by atoms with Crippen LogP contribution in [0.2, 0.25) is 0 Å². The van der Waals surface area contributed by atoms with Gasteiger partial charge in [0.25, 0.3) is 0 Å².